The third-order valence-corrected chi connectivity index (χ3v) is 4.35. The van der Waals surface area contributed by atoms with Crippen LogP contribution in [-0.4, -0.2) is 22.9 Å². The highest BCUT2D eigenvalue weighted by Crippen LogP contribution is 2.19. The van der Waals surface area contributed by atoms with Gasteiger partial charge in [-0.25, -0.2) is 0 Å². The van der Waals surface area contributed by atoms with Gasteiger partial charge < -0.3 is 5.32 Å². The van der Waals surface area contributed by atoms with Gasteiger partial charge in [0, 0.05) is 6.20 Å². The Kier molecular flexibility index (Phi) is 8.02. The van der Waals surface area contributed by atoms with Gasteiger partial charge in [0.25, 0.3) is 0 Å². The standard InChI is InChI=1S/C18H35N3/c1-7-18(8-2)21-10-9-17(20-21)11-16(15(5)6)13-19-12-14(3)4/h9-10,14-16,18-19H,7-8,11-13H2,1-6H3. The number of rotatable bonds is 10. The van der Waals surface area contributed by atoms with Crippen molar-refractivity contribution in [1.29, 1.82) is 0 Å². The number of nitrogens with zero attached hydrogens (tertiary/aromatic N) is 2. The van der Waals surface area contributed by atoms with Gasteiger partial charge in [0.1, 0.15) is 0 Å². The Bertz CT molecular complexity index is 378. The van der Waals surface area contributed by atoms with Crippen molar-refractivity contribution in [2.24, 2.45) is 17.8 Å². The van der Waals surface area contributed by atoms with Gasteiger partial charge in [0.05, 0.1) is 11.7 Å². The zero-order chi connectivity index (χ0) is 15.8. The average Bonchev–Trinajstić information content (AvgIpc) is 2.87. The Labute approximate surface area is 131 Å². The fourth-order valence-corrected chi connectivity index (χ4v) is 2.72. The first-order valence-corrected chi connectivity index (χ1v) is 8.72. The van der Waals surface area contributed by atoms with Crippen LogP contribution in [0.25, 0.3) is 0 Å². The van der Waals surface area contributed by atoms with E-state index >= 15 is 0 Å². The molecule has 1 aromatic rings. The normalized spacial score (nSPS) is 13.6. The molecular formula is C18H35N3. The summed E-state index contributed by atoms with van der Waals surface area (Å²) < 4.78 is 2.16. The summed E-state index contributed by atoms with van der Waals surface area (Å²) in [6.07, 6.45) is 5.55. The Morgan fingerprint density at radius 1 is 1.10 bits per heavy atom. The van der Waals surface area contributed by atoms with Crippen molar-refractivity contribution < 1.29 is 0 Å². The Balaban J connectivity index is 2.58. The SMILES string of the molecule is CCC(CC)n1ccc(CC(CNCC(C)C)C(C)C)n1. The second-order valence-corrected chi connectivity index (χ2v) is 7.02. The Hall–Kier alpha value is -0.830. The molecule has 0 aliphatic heterocycles. The lowest BCUT2D eigenvalue weighted by molar-refractivity contribution is 0.346. The quantitative estimate of drug-likeness (QED) is 0.697. The zero-order valence-electron chi connectivity index (χ0n) is 14.9. The molecule has 0 fully saturated rings. The van der Waals surface area contributed by atoms with Gasteiger partial charge in [-0.15, -0.1) is 0 Å². The molecule has 1 N–H and O–H groups in total. The molecule has 0 spiro atoms. The minimum absolute atomic E-state index is 0.551. The number of aromatic nitrogens is 2. The van der Waals surface area contributed by atoms with Gasteiger partial charge in [0.15, 0.2) is 0 Å². The molecule has 0 amide bonds. The van der Waals surface area contributed by atoms with E-state index in [0.29, 0.717) is 23.8 Å². The molecule has 1 atom stereocenters. The third-order valence-electron chi connectivity index (χ3n) is 4.35. The van der Waals surface area contributed by atoms with Crippen LogP contribution < -0.4 is 5.32 Å². The molecule has 0 saturated carbocycles. The number of nitrogens with one attached hydrogen (secondary N) is 1. The van der Waals surface area contributed by atoms with Gasteiger partial charge in [-0.3, -0.25) is 4.68 Å². The topological polar surface area (TPSA) is 29.9 Å². The smallest absolute Gasteiger partial charge is 0.0628 e. The first-order chi connectivity index (χ1) is 9.97. The van der Waals surface area contributed by atoms with Crippen LogP contribution in [0.5, 0.6) is 0 Å². The summed E-state index contributed by atoms with van der Waals surface area (Å²) in [6, 6.07) is 2.76. The van der Waals surface area contributed by atoms with Crippen LogP contribution in [-0.2, 0) is 6.42 Å². The maximum Gasteiger partial charge on any atom is 0.0628 e. The first kappa shape index (κ1) is 18.2. The van der Waals surface area contributed by atoms with Gasteiger partial charge in [-0.2, -0.15) is 5.10 Å². The van der Waals surface area contributed by atoms with E-state index in [1.165, 1.54) is 5.69 Å². The van der Waals surface area contributed by atoms with E-state index in [1.54, 1.807) is 0 Å². The fourth-order valence-electron chi connectivity index (χ4n) is 2.72. The Morgan fingerprint density at radius 3 is 2.29 bits per heavy atom. The van der Waals surface area contributed by atoms with Crippen LogP contribution in [0.15, 0.2) is 12.3 Å². The van der Waals surface area contributed by atoms with Crippen molar-refractivity contribution in [3.05, 3.63) is 18.0 Å². The number of hydrogen-bond donors (Lipinski definition) is 1. The van der Waals surface area contributed by atoms with E-state index in [9.17, 15) is 0 Å². The summed E-state index contributed by atoms with van der Waals surface area (Å²) in [6.45, 7) is 15.8. The third kappa shape index (κ3) is 6.21. The largest absolute Gasteiger partial charge is 0.316 e. The van der Waals surface area contributed by atoms with Gasteiger partial charge in [-0.05, 0) is 56.2 Å². The molecule has 1 unspecified atom stereocenters. The highest BCUT2D eigenvalue weighted by Gasteiger charge is 2.16. The van der Waals surface area contributed by atoms with E-state index in [1.807, 2.05) is 0 Å². The second kappa shape index (κ2) is 9.24. The summed E-state index contributed by atoms with van der Waals surface area (Å²) in [5.41, 5.74) is 1.24. The highest BCUT2D eigenvalue weighted by atomic mass is 15.3. The molecule has 1 rings (SSSR count). The van der Waals surface area contributed by atoms with Crippen LogP contribution in [0.2, 0.25) is 0 Å². The molecular weight excluding hydrogens is 258 g/mol. The maximum atomic E-state index is 4.81. The van der Waals surface area contributed by atoms with Crippen LogP contribution in [0.1, 0.15) is 66.1 Å². The lowest BCUT2D eigenvalue weighted by Crippen LogP contribution is -2.30. The molecule has 0 aliphatic rings. The van der Waals surface area contributed by atoms with Crippen molar-refractivity contribution in [3.63, 3.8) is 0 Å². The van der Waals surface area contributed by atoms with Crippen LogP contribution in [0.3, 0.4) is 0 Å². The summed E-state index contributed by atoms with van der Waals surface area (Å²) >= 11 is 0. The lowest BCUT2D eigenvalue weighted by Gasteiger charge is -2.21. The monoisotopic (exact) mass is 293 g/mol. The van der Waals surface area contributed by atoms with Crippen molar-refractivity contribution in [1.82, 2.24) is 15.1 Å². The Morgan fingerprint density at radius 2 is 1.76 bits per heavy atom. The summed E-state index contributed by atoms with van der Waals surface area (Å²) in [4.78, 5) is 0. The van der Waals surface area contributed by atoms with E-state index in [-0.39, 0.29) is 0 Å². The summed E-state index contributed by atoms with van der Waals surface area (Å²) in [7, 11) is 0. The molecule has 1 aromatic heterocycles. The van der Waals surface area contributed by atoms with Gasteiger partial charge in [-0.1, -0.05) is 41.5 Å². The highest BCUT2D eigenvalue weighted by molar-refractivity contribution is 5.01. The van der Waals surface area contributed by atoms with Crippen molar-refractivity contribution in [2.45, 2.75) is 66.8 Å². The first-order valence-electron chi connectivity index (χ1n) is 8.72. The van der Waals surface area contributed by atoms with Crippen molar-refractivity contribution in [3.8, 4) is 0 Å². The van der Waals surface area contributed by atoms with E-state index in [2.05, 4.69) is 63.8 Å². The van der Waals surface area contributed by atoms with Crippen LogP contribution in [0, 0.1) is 17.8 Å². The summed E-state index contributed by atoms with van der Waals surface area (Å²) in [5, 5.41) is 8.41. The fraction of sp³-hybridized carbons (Fsp3) is 0.833. The second-order valence-electron chi connectivity index (χ2n) is 7.02. The van der Waals surface area contributed by atoms with Crippen LogP contribution in [0.4, 0.5) is 0 Å². The minimum Gasteiger partial charge on any atom is -0.316 e. The molecule has 0 bridgehead atoms. The molecule has 0 saturated heterocycles. The average molecular weight is 293 g/mol. The summed E-state index contributed by atoms with van der Waals surface area (Å²) in [5.74, 6) is 2.06. The molecule has 21 heavy (non-hydrogen) atoms. The number of hydrogen-bond acceptors (Lipinski definition) is 2. The molecule has 0 aromatic carbocycles. The molecule has 3 nitrogen and oxygen atoms in total. The van der Waals surface area contributed by atoms with E-state index in [4.69, 9.17) is 5.10 Å². The zero-order valence-corrected chi connectivity index (χ0v) is 14.9. The maximum absolute atomic E-state index is 4.81. The van der Waals surface area contributed by atoms with Crippen molar-refractivity contribution >= 4 is 0 Å². The van der Waals surface area contributed by atoms with Crippen molar-refractivity contribution in [2.75, 3.05) is 13.1 Å². The minimum atomic E-state index is 0.551. The predicted molar refractivity (Wildman–Crippen MR) is 91.6 cm³/mol. The molecule has 1 heterocycles. The molecule has 0 radical (unpaired) electrons. The molecule has 122 valence electrons. The van der Waals surface area contributed by atoms with E-state index < -0.39 is 0 Å². The van der Waals surface area contributed by atoms with Crippen LogP contribution >= 0.6 is 0 Å². The lowest BCUT2D eigenvalue weighted by atomic mass is 9.91. The van der Waals surface area contributed by atoms with E-state index in [0.717, 1.165) is 32.4 Å². The molecule has 0 aliphatic carbocycles. The predicted octanol–water partition coefficient (Wildman–Crippen LogP) is 4.30. The van der Waals surface area contributed by atoms with Gasteiger partial charge >= 0.3 is 0 Å². The molecule has 3 heteroatoms. The van der Waals surface area contributed by atoms with Gasteiger partial charge in [0.2, 0.25) is 0 Å².